The van der Waals surface area contributed by atoms with Gasteiger partial charge in [-0.1, -0.05) is 42.5 Å². The van der Waals surface area contributed by atoms with Crippen molar-refractivity contribution in [3.63, 3.8) is 0 Å². The van der Waals surface area contributed by atoms with E-state index in [9.17, 15) is 4.79 Å². The van der Waals surface area contributed by atoms with Crippen molar-refractivity contribution in [1.29, 1.82) is 0 Å². The zero-order chi connectivity index (χ0) is 16.9. The topological polar surface area (TPSA) is 55.6 Å². The number of ether oxygens (including phenoxy) is 1. The third-order valence-electron chi connectivity index (χ3n) is 3.53. The monoisotopic (exact) mass is 312 g/mol. The molecule has 0 atom stereocenters. The molecule has 2 N–H and O–H groups in total. The minimum absolute atomic E-state index is 0.267. The van der Waals surface area contributed by atoms with Gasteiger partial charge in [-0.2, -0.15) is 0 Å². The third-order valence-corrected chi connectivity index (χ3v) is 3.53. The summed E-state index contributed by atoms with van der Waals surface area (Å²) in [7, 11) is 0. The molecule has 0 radical (unpaired) electrons. The van der Waals surface area contributed by atoms with E-state index in [0.29, 0.717) is 12.2 Å². The third kappa shape index (κ3) is 5.02. The van der Waals surface area contributed by atoms with Crippen LogP contribution in [-0.4, -0.2) is 16.5 Å². The Bertz CT molecular complexity index is 648. The first kappa shape index (κ1) is 16.9. The Morgan fingerprint density at radius 1 is 1.04 bits per heavy atom. The quantitative estimate of drug-likeness (QED) is 0.861. The molecule has 0 saturated carbocycles. The Kier molecular flexibility index (Phi) is 5.27. The normalized spacial score (nSPS) is 11.1. The molecular formula is C19H24N2O2. The van der Waals surface area contributed by atoms with Crippen LogP contribution in [0.15, 0.2) is 54.6 Å². The first-order valence-corrected chi connectivity index (χ1v) is 7.69. The summed E-state index contributed by atoms with van der Waals surface area (Å²) in [5.74, 6) is 0. The summed E-state index contributed by atoms with van der Waals surface area (Å²) < 4.78 is 5.47. The van der Waals surface area contributed by atoms with Crippen molar-refractivity contribution >= 4 is 11.8 Å². The molecule has 0 bridgehead atoms. The van der Waals surface area contributed by atoms with Crippen molar-refractivity contribution < 1.29 is 9.53 Å². The average molecular weight is 312 g/mol. The van der Waals surface area contributed by atoms with Gasteiger partial charge in [0.2, 0.25) is 0 Å². The van der Waals surface area contributed by atoms with Gasteiger partial charge in [0.05, 0.1) is 0 Å². The lowest BCUT2D eigenvalue weighted by molar-refractivity contribution is 0.0588. The highest BCUT2D eigenvalue weighted by molar-refractivity contribution is 5.68. The fourth-order valence-electron chi connectivity index (χ4n) is 2.25. The van der Waals surface area contributed by atoms with E-state index in [4.69, 9.17) is 10.5 Å². The number of amides is 1. The van der Waals surface area contributed by atoms with Crippen LogP contribution in [0.3, 0.4) is 0 Å². The smallest absolute Gasteiger partial charge is 0.410 e. The average Bonchev–Trinajstić information content (AvgIpc) is 2.50. The molecule has 2 aromatic carbocycles. The van der Waals surface area contributed by atoms with Gasteiger partial charge in [0, 0.05) is 17.8 Å². The minimum atomic E-state index is -0.349. The van der Waals surface area contributed by atoms with E-state index in [-0.39, 0.29) is 18.2 Å². The van der Waals surface area contributed by atoms with Crippen LogP contribution in [-0.2, 0) is 17.9 Å². The molecule has 0 spiro atoms. The maximum atomic E-state index is 12.5. The number of carbonyl (C=O) groups excluding carboxylic acids is 1. The van der Waals surface area contributed by atoms with Gasteiger partial charge in [-0.3, -0.25) is 4.90 Å². The fraction of sp³-hybridized carbons (Fsp3) is 0.316. The Balaban J connectivity index is 2.07. The molecule has 0 aromatic heterocycles. The van der Waals surface area contributed by atoms with Crippen LogP contribution >= 0.6 is 0 Å². The summed E-state index contributed by atoms with van der Waals surface area (Å²) in [6.07, 6.45) is -0.330. The summed E-state index contributed by atoms with van der Waals surface area (Å²) in [5, 5.41) is 0. The number of nitrogen functional groups attached to an aromatic ring is 1. The molecule has 4 heteroatoms. The first-order valence-electron chi connectivity index (χ1n) is 7.69. The summed E-state index contributed by atoms with van der Waals surface area (Å²) in [5.41, 5.74) is 8.11. The Morgan fingerprint density at radius 2 is 1.70 bits per heavy atom. The van der Waals surface area contributed by atoms with Crippen LogP contribution in [0, 0.1) is 0 Å². The number of benzene rings is 2. The van der Waals surface area contributed by atoms with Crippen molar-refractivity contribution in [2.75, 3.05) is 5.73 Å². The molecule has 1 amide bonds. The van der Waals surface area contributed by atoms with Crippen molar-refractivity contribution in [3.05, 3.63) is 65.7 Å². The Morgan fingerprint density at radius 3 is 2.30 bits per heavy atom. The molecule has 0 aliphatic rings. The largest absolute Gasteiger partial charge is 0.445 e. The Labute approximate surface area is 137 Å². The van der Waals surface area contributed by atoms with Crippen molar-refractivity contribution in [2.45, 2.75) is 39.5 Å². The molecule has 0 aliphatic heterocycles. The molecule has 2 rings (SSSR count). The van der Waals surface area contributed by atoms with Gasteiger partial charge >= 0.3 is 6.09 Å². The summed E-state index contributed by atoms with van der Waals surface area (Å²) in [6.45, 7) is 6.70. The van der Waals surface area contributed by atoms with Gasteiger partial charge in [-0.05, 0) is 44.0 Å². The van der Waals surface area contributed by atoms with Crippen LogP contribution in [0.4, 0.5) is 10.5 Å². The van der Waals surface area contributed by atoms with Gasteiger partial charge in [-0.15, -0.1) is 0 Å². The molecule has 4 nitrogen and oxygen atoms in total. The summed E-state index contributed by atoms with van der Waals surface area (Å²) >= 11 is 0. The van der Waals surface area contributed by atoms with Gasteiger partial charge in [0.25, 0.3) is 0 Å². The fourth-order valence-corrected chi connectivity index (χ4v) is 2.25. The molecule has 0 heterocycles. The van der Waals surface area contributed by atoms with Crippen LogP contribution in [0.5, 0.6) is 0 Å². The van der Waals surface area contributed by atoms with E-state index in [1.807, 2.05) is 75.4 Å². The van der Waals surface area contributed by atoms with Gasteiger partial charge in [0.15, 0.2) is 0 Å². The standard InChI is InChI=1S/C19H24N2O2/c1-19(2,3)21(13-16-10-7-11-17(20)12-16)18(22)23-14-15-8-5-4-6-9-15/h4-12H,13-14,20H2,1-3H3. The number of nitrogens with zero attached hydrogens (tertiary/aromatic N) is 1. The predicted molar refractivity (Wildman–Crippen MR) is 92.8 cm³/mol. The van der Waals surface area contributed by atoms with Crippen LogP contribution in [0.25, 0.3) is 0 Å². The highest BCUT2D eigenvalue weighted by Gasteiger charge is 2.28. The lowest BCUT2D eigenvalue weighted by Gasteiger charge is -2.35. The number of hydrogen-bond donors (Lipinski definition) is 1. The van der Waals surface area contributed by atoms with Crippen molar-refractivity contribution in [2.24, 2.45) is 0 Å². The summed E-state index contributed by atoms with van der Waals surface area (Å²) in [4.78, 5) is 14.2. The lowest BCUT2D eigenvalue weighted by atomic mass is 10.1. The molecular weight excluding hydrogens is 288 g/mol. The summed E-state index contributed by atoms with van der Waals surface area (Å²) in [6, 6.07) is 17.2. The van der Waals surface area contributed by atoms with E-state index in [2.05, 4.69) is 0 Å². The number of hydrogen-bond acceptors (Lipinski definition) is 3. The van der Waals surface area contributed by atoms with Gasteiger partial charge in [0.1, 0.15) is 6.61 Å². The van der Waals surface area contributed by atoms with Crippen molar-refractivity contribution in [3.8, 4) is 0 Å². The molecule has 23 heavy (non-hydrogen) atoms. The molecule has 0 unspecified atom stereocenters. The van der Waals surface area contributed by atoms with E-state index in [0.717, 1.165) is 11.1 Å². The highest BCUT2D eigenvalue weighted by Crippen LogP contribution is 2.20. The minimum Gasteiger partial charge on any atom is -0.445 e. The van der Waals surface area contributed by atoms with Crippen LogP contribution in [0.2, 0.25) is 0 Å². The van der Waals surface area contributed by atoms with E-state index in [1.54, 1.807) is 4.90 Å². The van der Waals surface area contributed by atoms with Crippen molar-refractivity contribution in [1.82, 2.24) is 4.90 Å². The van der Waals surface area contributed by atoms with Crippen LogP contribution < -0.4 is 5.73 Å². The van der Waals surface area contributed by atoms with E-state index in [1.165, 1.54) is 0 Å². The second-order valence-corrected chi connectivity index (χ2v) is 6.54. The van der Waals surface area contributed by atoms with E-state index >= 15 is 0 Å². The molecule has 0 fully saturated rings. The number of carbonyl (C=O) groups is 1. The van der Waals surface area contributed by atoms with Gasteiger partial charge in [-0.25, -0.2) is 4.79 Å². The SMILES string of the molecule is CC(C)(C)N(Cc1cccc(N)c1)C(=O)OCc1ccccc1. The molecule has 0 saturated heterocycles. The van der Waals surface area contributed by atoms with Gasteiger partial charge < -0.3 is 10.5 Å². The number of nitrogens with two attached hydrogens (primary N) is 1. The van der Waals surface area contributed by atoms with E-state index < -0.39 is 0 Å². The molecule has 0 aliphatic carbocycles. The Hall–Kier alpha value is -2.49. The zero-order valence-corrected chi connectivity index (χ0v) is 14.0. The van der Waals surface area contributed by atoms with Crippen LogP contribution in [0.1, 0.15) is 31.9 Å². The highest BCUT2D eigenvalue weighted by atomic mass is 16.6. The second-order valence-electron chi connectivity index (χ2n) is 6.54. The second kappa shape index (κ2) is 7.18. The zero-order valence-electron chi connectivity index (χ0n) is 14.0. The molecule has 2 aromatic rings. The maximum absolute atomic E-state index is 12.5. The number of anilines is 1. The predicted octanol–water partition coefficient (Wildman–Crippen LogP) is 4.21. The first-order chi connectivity index (χ1) is 10.9. The lowest BCUT2D eigenvalue weighted by Crippen LogP contribution is -2.45. The maximum Gasteiger partial charge on any atom is 0.410 e. The number of rotatable bonds is 4. The molecule has 122 valence electrons.